The first-order chi connectivity index (χ1) is 7.69. The second kappa shape index (κ2) is 6.86. The molecule has 1 heterocycles. The fraction of sp³-hybridized carbons (Fsp3) is 0.917. The molecule has 0 bridgehead atoms. The minimum absolute atomic E-state index is 0.0829. The van der Waals surface area contributed by atoms with Crippen LogP contribution in [0.2, 0.25) is 0 Å². The summed E-state index contributed by atoms with van der Waals surface area (Å²) in [5.74, 6) is 0.774. The number of carbonyl (C=O) groups excluding carboxylic acids is 1. The molecule has 94 valence electrons. The minimum Gasteiger partial charge on any atom is -0.381 e. The van der Waals surface area contributed by atoms with Crippen molar-refractivity contribution in [3.8, 4) is 0 Å². The van der Waals surface area contributed by atoms with E-state index in [1.165, 1.54) is 0 Å². The summed E-state index contributed by atoms with van der Waals surface area (Å²) in [6, 6.07) is -0.0829. The summed E-state index contributed by atoms with van der Waals surface area (Å²) in [7, 11) is 0. The first kappa shape index (κ1) is 13.5. The summed E-state index contributed by atoms with van der Waals surface area (Å²) in [5.41, 5.74) is 0. The molecule has 16 heavy (non-hydrogen) atoms. The van der Waals surface area contributed by atoms with Crippen LogP contribution in [0.15, 0.2) is 0 Å². The van der Waals surface area contributed by atoms with E-state index in [9.17, 15) is 4.79 Å². The lowest BCUT2D eigenvalue weighted by molar-refractivity contribution is -0.132. The Morgan fingerprint density at radius 2 is 2.19 bits per heavy atom. The maximum atomic E-state index is 11.9. The zero-order valence-electron chi connectivity index (χ0n) is 10.7. The van der Waals surface area contributed by atoms with E-state index < -0.39 is 0 Å². The van der Waals surface area contributed by atoms with E-state index in [2.05, 4.69) is 5.32 Å². The van der Waals surface area contributed by atoms with Gasteiger partial charge in [-0.25, -0.2) is 0 Å². The van der Waals surface area contributed by atoms with Crippen LogP contribution in [0.1, 0.15) is 27.2 Å². The van der Waals surface area contributed by atoms with Crippen molar-refractivity contribution in [2.45, 2.75) is 33.2 Å². The van der Waals surface area contributed by atoms with Gasteiger partial charge in [-0.1, -0.05) is 0 Å². The summed E-state index contributed by atoms with van der Waals surface area (Å²) in [6.45, 7) is 10.1. The summed E-state index contributed by atoms with van der Waals surface area (Å²) in [6.07, 6.45) is 1.11. The van der Waals surface area contributed by atoms with Crippen molar-refractivity contribution >= 4 is 5.91 Å². The van der Waals surface area contributed by atoms with E-state index in [0.29, 0.717) is 5.92 Å². The third kappa shape index (κ3) is 3.76. The Labute approximate surface area is 98.3 Å². The molecule has 0 aromatic heterocycles. The lowest BCUT2D eigenvalue weighted by atomic mass is 10.1. The molecule has 4 nitrogen and oxygen atoms in total. The molecule has 1 saturated heterocycles. The van der Waals surface area contributed by atoms with Crippen molar-refractivity contribution in [3.63, 3.8) is 0 Å². The van der Waals surface area contributed by atoms with Crippen LogP contribution < -0.4 is 5.32 Å². The number of rotatable bonds is 6. The maximum Gasteiger partial charge on any atom is 0.239 e. The Balaban J connectivity index is 2.27. The number of nitrogens with one attached hydrogen (secondary N) is 1. The molecule has 1 amide bonds. The molecule has 1 rings (SSSR count). The first-order valence-electron chi connectivity index (χ1n) is 6.28. The molecule has 1 aliphatic rings. The minimum atomic E-state index is -0.0829. The zero-order chi connectivity index (χ0) is 12.0. The molecule has 2 unspecified atom stereocenters. The average molecular weight is 228 g/mol. The van der Waals surface area contributed by atoms with E-state index >= 15 is 0 Å². The van der Waals surface area contributed by atoms with Gasteiger partial charge >= 0.3 is 0 Å². The van der Waals surface area contributed by atoms with Crippen molar-refractivity contribution in [3.05, 3.63) is 0 Å². The quantitative estimate of drug-likeness (QED) is 0.733. The second-order valence-electron chi connectivity index (χ2n) is 4.37. The number of hydrogen-bond acceptors (Lipinski definition) is 3. The Kier molecular flexibility index (Phi) is 5.77. The predicted molar refractivity (Wildman–Crippen MR) is 64.3 cm³/mol. The van der Waals surface area contributed by atoms with Crippen molar-refractivity contribution in [2.24, 2.45) is 5.92 Å². The van der Waals surface area contributed by atoms with Crippen LogP contribution in [0.25, 0.3) is 0 Å². The SMILES string of the molecule is CCN(CC)C(=O)C(C)NCC1CCOC1. The van der Waals surface area contributed by atoms with E-state index in [4.69, 9.17) is 4.74 Å². The van der Waals surface area contributed by atoms with Crippen molar-refractivity contribution in [1.29, 1.82) is 0 Å². The molecule has 0 radical (unpaired) electrons. The van der Waals surface area contributed by atoms with Gasteiger partial charge in [0.05, 0.1) is 12.6 Å². The summed E-state index contributed by atoms with van der Waals surface area (Å²) in [4.78, 5) is 13.8. The van der Waals surface area contributed by atoms with Crippen LogP contribution in [0.3, 0.4) is 0 Å². The highest BCUT2D eigenvalue weighted by molar-refractivity contribution is 5.81. The Bertz CT molecular complexity index is 211. The van der Waals surface area contributed by atoms with E-state index in [0.717, 1.165) is 39.3 Å². The van der Waals surface area contributed by atoms with Gasteiger partial charge in [-0.15, -0.1) is 0 Å². The number of hydrogen-bond donors (Lipinski definition) is 1. The van der Waals surface area contributed by atoms with Gasteiger partial charge in [-0.05, 0) is 33.1 Å². The molecule has 0 aromatic rings. The maximum absolute atomic E-state index is 11.9. The van der Waals surface area contributed by atoms with Gasteiger partial charge in [0.1, 0.15) is 0 Å². The first-order valence-corrected chi connectivity index (χ1v) is 6.28. The van der Waals surface area contributed by atoms with Gasteiger partial charge < -0.3 is 15.0 Å². The number of carbonyl (C=O) groups is 1. The lowest BCUT2D eigenvalue weighted by Crippen LogP contribution is -2.46. The fourth-order valence-electron chi connectivity index (χ4n) is 1.98. The average Bonchev–Trinajstić information content (AvgIpc) is 2.80. The number of nitrogens with zero attached hydrogens (tertiary/aromatic N) is 1. The molecule has 1 N–H and O–H groups in total. The fourth-order valence-corrected chi connectivity index (χ4v) is 1.98. The van der Waals surface area contributed by atoms with Gasteiger partial charge in [0.2, 0.25) is 5.91 Å². The summed E-state index contributed by atoms with van der Waals surface area (Å²) in [5, 5.41) is 3.30. The predicted octanol–water partition coefficient (Wildman–Crippen LogP) is 0.869. The van der Waals surface area contributed by atoms with Crippen LogP contribution in [0.4, 0.5) is 0 Å². The summed E-state index contributed by atoms with van der Waals surface area (Å²) >= 11 is 0. The third-order valence-electron chi connectivity index (χ3n) is 3.18. The number of amides is 1. The summed E-state index contributed by atoms with van der Waals surface area (Å²) < 4.78 is 5.30. The Morgan fingerprint density at radius 3 is 2.69 bits per heavy atom. The molecule has 0 aromatic carbocycles. The van der Waals surface area contributed by atoms with Gasteiger partial charge in [0.25, 0.3) is 0 Å². The third-order valence-corrected chi connectivity index (χ3v) is 3.18. The monoisotopic (exact) mass is 228 g/mol. The molecular formula is C12H24N2O2. The van der Waals surface area contributed by atoms with Gasteiger partial charge in [-0.3, -0.25) is 4.79 Å². The molecule has 4 heteroatoms. The van der Waals surface area contributed by atoms with Crippen LogP contribution in [-0.4, -0.2) is 49.7 Å². The largest absolute Gasteiger partial charge is 0.381 e. The van der Waals surface area contributed by atoms with E-state index in [1.54, 1.807) is 0 Å². The molecule has 2 atom stereocenters. The van der Waals surface area contributed by atoms with Crippen LogP contribution in [-0.2, 0) is 9.53 Å². The highest BCUT2D eigenvalue weighted by atomic mass is 16.5. The lowest BCUT2D eigenvalue weighted by Gasteiger charge is -2.24. The topological polar surface area (TPSA) is 41.6 Å². The molecule has 0 aliphatic carbocycles. The zero-order valence-corrected chi connectivity index (χ0v) is 10.7. The van der Waals surface area contributed by atoms with Crippen LogP contribution >= 0.6 is 0 Å². The highest BCUT2D eigenvalue weighted by Crippen LogP contribution is 2.11. The second-order valence-corrected chi connectivity index (χ2v) is 4.37. The van der Waals surface area contributed by atoms with Gasteiger partial charge in [-0.2, -0.15) is 0 Å². The molecular weight excluding hydrogens is 204 g/mol. The Hall–Kier alpha value is -0.610. The normalized spacial score (nSPS) is 22.1. The van der Waals surface area contributed by atoms with Crippen LogP contribution in [0.5, 0.6) is 0 Å². The van der Waals surface area contributed by atoms with Crippen molar-refractivity contribution < 1.29 is 9.53 Å². The molecule has 1 fully saturated rings. The number of likely N-dealkylation sites (N-methyl/N-ethyl adjacent to an activating group) is 1. The van der Waals surface area contributed by atoms with E-state index in [1.807, 2.05) is 25.7 Å². The smallest absolute Gasteiger partial charge is 0.239 e. The van der Waals surface area contributed by atoms with Gasteiger partial charge in [0, 0.05) is 26.2 Å². The standard InChI is InChI=1S/C12H24N2O2/c1-4-14(5-2)12(15)10(3)13-8-11-6-7-16-9-11/h10-11,13H,4-9H2,1-3H3. The Morgan fingerprint density at radius 1 is 1.50 bits per heavy atom. The van der Waals surface area contributed by atoms with Crippen molar-refractivity contribution in [1.82, 2.24) is 10.2 Å². The van der Waals surface area contributed by atoms with Crippen molar-refractivity contribution in [2.75, 3.05) is 32.8 Å². The van der Waals surface area contributed by atoms with Crippen LogP contribution in [0, 0.1) is 5.92 Å². The molecule has 1 aliphatic heterocycles. The van der Waals surface area contributed by atoms with Gasteiger partial charge in [0.15, 0.2) is 0 Å². The molecule has 0 saturated carbocycles. The molecule has 0 spiro atoms. The highest BCUT2D eigenvalue weighted by Gasteiger charge is 2.20. The van der Waals surface area contributed by atoms with E-state index in [-0.39, 0.29) is 11.9 Å². The number of ether oxygens (including phenoxy) is 1.